The summed E-state index contributed by atoms with van der Waals surface area (Å²) in [6, 6.07) is 19.4. The first kappa shape index (κ1) is 22.7. The molecule has 0 spiro atoms. The summed E-state index contributed by atoms with van der Waals surface area (Å²) < 4.78 is 26.6. The summed E-state index contributed by atoms with van der Waals surface area (Å²) in [5.74, 6) is 0.104. The van der Waals surface area contributed by atoms with Crippen molar-refractivity contribution >= 4 is 28.3 Å². The number of fused-ring (bicyclic) bond motifs is 1. The van der Waals surface area contributed by atoms with Gasteiger partial charge in [0.2, 0.25) is 0 Å². The lowest BCUT2D eigenvalue weighted by molar-refractivity contribution is 0.153. The highest BCUT2D eigenvalue weighted by molar-refractivity contribution is 6.00. The molecule has 1 aromatic heterocycles. The highest BCUT2D eigenvalue weighted by Gasteiger charge is 2.34. The summed E-state index contributed by atoms with van der Waals surface area (Å²) in [7, 11) is 0. The number of aromatic nitrogens is 2. The minimum Gasteiger partial charge on any atom is -0.351 e. The van der Waals surface area contributed by atoms with Crippen molar-refractivity contribution in [2.75, 3.05) is 23.3 Å². The van der Waals surface area contributed by atoms with Crippen LogP contribution in [0.25, 0.3) is 22.0 Å². The van der Waals surface area contributed by atoms with Crippen molar-refractivity contribution in [2.45, 2.75) is 25.9 Å². The Balaban J connectivity index is 1.40. The maximum Gasteiger partial charge on any atom is 0.322 e. The summed E-state index contributed by atoms with van der Waals surface area (Å²) in [5.41, 5.74) is 2.04. The largest absolute Gasteiger partial charge is 0.351 e. The summed E-state index contributed by atoms with van der Waals surface area (Å²) >= 11 is 0. The Morgan fingerprint density at radius 3 is 2.03 bits per heavy atom. The Morgan fingerprint density at radius 2 is 1.40 bits per heavy atom. The summed E-state index contributed by atoms with van der Waals surface area (Å²) in [4.78, 5) is 17.0. The number of anilines is 2. The average molecular weight is 474 g/mol. The number of hydrogen-bond acceptors (Lipinski definition) is 4. The summed E-state index contributed by atoms with van der Waals surface area (Å²) in [6.07, 6.45) is 0. The molecule has 35 heavy (non-hydrogen) atoms. The van der Waals surface area contributed by atoms with Crippen molar-refractivity contribution in [1.29, 1.82) is 0 Å². The highest BCUT2D eigenvalue weighted by Crippen LogP contribution is 2.33. The fourth-order valence-electron chi connectivity index (χ4n) is 4.76. The first-order valence-electron chi connectivity index (χ1n) is 11.5. The highest BCUT2D eigenvalue weighted by atomic mass is 19.1. The van der Waals surface area contributed by atoms with Crippen LogP contribution in [-0.4, -0.2) is 46.3 Å². The molecule has 8 heteroatoms. The molecule has 5 rings (SSSR count). The molecule has 0 aliphatic carbocycles. The Labute approximate surface area is 202 Å². The van der Waals surface area contributed by atoms with E-state index in [9.17, 15) is 13.6 Å². The van der Waals surface area contributed by atoms with E-state index in [0.29, 0.717) is 24.5 Å². The zero-order valence-corrected chi connectivity index (χ0v) is 19.5. The molecule has 6 nitrogen and oxygen atoms in total. The second-order valence-corrected chi connectivity index (χ2v) is 8.87. The zero-order chi connectivity index (χ0) is 24.5. The maximum atomic E-state index is 13.4. The van der Waals surface area contributed by atoms with Gasteiger partial charge in [-0.1, -0.05) is 24.3 Å². The van der Waals surface area contributed by atoms with Crippen molar-refractivity contribution in [3.63, 3.8) is 0 Å². The second-order valence-electron chi connectivity index (χ2n) is 8.87. The molecular weight excluding hydrogens is 448 g/mol. The summed E-state index contributed by atoms with van der Waals surface area (Å²) in [5, 5.41) is 13.8. The maximum absolute atomic E-state index is 13.4. The van der Waals surface area contributed by atoms with Crippen molar-refractivity contribution in [3.8, 4) is 11.3 Å². The molecule has 1 aliphatic rings. The molecule has 0 bridgehead atoms. The van der Waals surface area contributed by atoms with Crippen LogP contribution in [0.4, 0.5) is 25.1 Å². The number of urea groups is 1. The fourth-order valence-corrected chi connectivity index (χ4v) is 4.76. The Bertz CT molecular complexity index is 1350. The quantitative estimate of drug-likeness (QED) is 0.414. The van der Waals surface area contributed by atoms with Crippen molar-refractivity contribution in [3.05, 3.63) is 84.4 Å². The van der Waals surface area contributed by atoms with Gasteiger partial charge in [0.25, 0.3) is 0 Å². The van der Waals surface area contributed by atoms with E-state index >= 15 is 0 Å². The van der Waals surface area contributed by atoms with E-state index in [0.717, 1.165) is 22.2 Å². The molecule has 0 radical (unpaired) electrons. The molecule has 0 saturated carbocycles. The van der Waals surface area contributed by atoms with Crippen LogP contribution in [0.5, 0.6) is 0 Å². The molecule has 1 N–H and O–H groups in total. The van der Waals surface area contributed by atoms with Crippen LogP contribution in [0.3, 0.4) is 0 Å². The Kier molecular flexibility index (Phi) is 6.03. The molecule has 4 aromatic rings. The Hall–Kier alpha value is -4.07. The van der Waals surface area contributed by atoms with E-state index < -0.39 is 0 Å². The van der Waals surface area contributed by atoms with Gasteiger partial charge in [0.1, 0.15) is 17.3 Å². The monoisotopic (exact) mass is 473 g/mol. The minimum atomic E-state index is -0.350. The SMILES string of the molecule is CC1CN(c2nnc(-c3ccc(F)cc3)c3ccccc23)CC(C)N1C(=O)Nc1ccc(F)cc1. The summed E-state index contributed by atoms with van der Waals surface area (Å²) in [6.45, 7) is 5.15. The minimum absolute atomic E-state index is 0.100. The molecule has 3 aromatic carbocycles. The number of carbonyl (C=O) groups is 1. The van der Waals surface area contributed by atoms with Crippen LogP contribution in [0.15, 0.2) is 72.8 Å². The van der Waals surface area contributed by atoms with Gasteiger partial charge in [-0.15, -0.1) is 10.2 Å². The molecule has 178 valence electrons. The molecule has 2 amide bonds. The van der Waals surface area contributed by atoms with Crippen molar-refractivity contribution in [2.24, 2.45) is 0 Å². The third-order valence-electron chi connectivity index (χ3n) is 6.33. The van der Waals surface area contributed by atoms with Gasteiger partial charge in [-0.25, -0.2) is 13.6 Å². The number of halogens is 2. The topological polar surface area (TPSA) is 61.4 Å². The van der Waals surface area contributed by atoms with E-state index in [1.165, 1.54) is 24.3 Å². The number of hydrogen-bond donors (Lipinski definition) is 1. The number of rotatable bonds is 3. The number of carbonyl (C=O) groups excluding carboxylic acids is 1. The smallest absolute Gasteiger partial charge is 0.322 e. The average Bonchev–Trinajstić information content (AvgIpc) is 2.85. The van der Waals surface area contributed by atoms with Gasteiger partial charge in [-0.05, 0) is 62.4 Å². The molecule has 1 aliphatic heterocycles. The van der Waals surface area contributed by atoms with Gasteiger partial charge in [0, 0.05) is 47.2 Å². The van der Waals surface area contributed by atoms with Gasteiger partial charge in [0.15, 0.2) is 5.82 Å². The normalized spacial score (nSPS) is 18.1. The van der Waals surface area contributed by atoms with Crippen LogP contribution < -0.4 is 10.2 Å². The van der Waals surface area contributed by atoms with Crippen LogP contribution in [0.2, 0.25) is 0 Å². The number of piperazine rings is 1. The predicted molar refractivity (Wildman–Crippen MR) is 133 cm³/mol. The Morgan fingerprint density at radius 1 is 0.829 bits per heavy atom. The van der Waals surface area contributed by atoms with Crippen LogP contribution in [-0.2, 0) is 0 Å². The van der Waals surface area contributed by atoms with Crippen LogP contribution in [0.1, 0.15) is 13.8 Å². The van der Waals surface area contributed by atoms with E-state index in [1.807, 2.05) is 43.0 Å². The van der Waals surface area contributed by atoms with E-state index in [2.05, 4.69) is 20.4 Å². The fraction of sp³-hybridized carbons (Fsp3) is 0.222. The van der Waals surface area contributed by atoms with E-state index in [4.69, 9.17) is 0 Å². The number of nitrogens with one attached hydrogen (secondary N) is 1. The molecular formula is C27H25F2N5O. The second kappa shape index (κ2) is 9.29. The number of amides is 2. The molecule has 2 heterocycles. The van der Waals surface area contributed by atoms with Crippen LogP contribution >= 0.6 is 0 Å². The molecule has 2 unspecified atom stereocenters. The molecule has 1 saturated heterocycles. The van der Waals surface area contributed by atoms with Gasteiger partial charge < -0.3 is 15.1 Å². The lowest BCUT2D eigenvalue weighted by Gasteiger charge is -2.44. The number of benzene rings is 3. The third-order valence-corrected chi connectivity index (χ3v) is 6.33. The van der Waals surface area contributed by atoms with Crippen LogP contribution in [0, 0.1) is 11.6 Å². The van der Waals surface area contributed by atoms with E-state index in [1.54, 1.807) is 24.3 Å². The van der Waals surface area contributed by atoms with Gasteiger partial charge in [0.05, 0.1) is 0 Å². The molecule has 2 atom stereocenters. The van der Waals surface area contributed by atoms with Gasteiger partial charge in [-0.3, -0.25) is 0 Å². The number of nitrogens with zero attached hydrogens (tertiary/aromatic N) is 4. The first-order chi connectivity index (χ1) is 16.9. The predicted octanol–water partition coefficient (Wildman–Crippen LogP) is 5.71. The van der Waals surface area contributed by atoms with Crippen molar-refractivity contribution < 1.29 is 13.6 Å². The van der Waals surface area contributed by atoms with Gasteiger partial charge in [-0.2, -0.15) is 0 Å². The third kappa shape index (κ3) is 4.51. The standard InChI is InChI=1S/C27H25F2N5O/c1-17-15-33(16-18(2)34(17)27(35)30-22-13-11-21(29)12-14-22)26-24-6-4-3-5-23(24)25(31-32-26)19-7-9-20(28)10-8-19/h3-14,17-18H,15-16H2,1-2H3,(H,30,35). The first-order valence-corrected chi connectivity index (χ1v) is 11.5. The van der Waals surface area contributed by atoms with E-state index in [-0.39, 0.29) is 29.7 Å². The zero-order valence-electron chi connectivity index (χ0n) is 19.5. The molecule has 1 fully saturated rings. The lowest BCUT2D eigenvalue weighted by Crippen LogP contribution is -2.60. The van der Waals surface area contributed by atoms with Crippen molar-refractivity contribution in [1.82, 2.24) is 15.1 Å². The lowest BCUT2D eigenvalue weighted by atomic mass is 10.0. The van der Waals surface area contributed by atoms with Gasteiger partial charge >= 0.3 is 6.03 Å².